The first-order valence-electron chi connectivity index (χ1n) is 5.15. The number of allylic oxidation sites excluding steroid dienone is 3. The van der Waals surface area contributed by atoms with Crippen LogP contribution in [-0.4, -0.2) is 14.1 Å². The lowest BCUT2D eigenvalue weighted by molar-refractivity contribution is 0.364. The molecule has 0 fully saturated rings. The van der Waals surface area contributed by atoms with Crippen molar-refractivity contribution in [3.8, 4) is 0 Å². The molecule has 0 aliphatic carbocycles. The van der Waals surface area contributed by atoms with Gasteiger partial charge in [0.1, 0.15) is 0 Å². The predicted octanol–water partition coefficient (Wildman–Crippen LogP) is 2.51. The van der Waals surface area contributed by atoms with E-state index in [9.17, 15) is 0 Å². The smallest absolute Gasteiger partial charge is 0.00375 e. The average Bonchev–Trinajstić information content (AvgIpc) is 2.13. The summed E-state index contributed by atoms with van der Waals surface area (Å²) in [4.78, 5) is 0. The van der Waals surface area contributed by atoms with Gasteiger partial charge in [-0.2, -0.15) is 0 Å². The van der Waals surface area contributed by atoms with Crippen molar-refractivity contribution in [3.05, 3.63) is 24.0 Å². The quantitative estimate of drug-likeness (QED) is 0.706. The number of hydrogen-bond acceptors (Lipinski definition) is 2. The second-order valence-corrected chi connectivity index (χ2v) is 4.34. The average molecular weight is 196 g/mol. The molecule has 0 amide bonds. The highest BCUT2D eigenvalue weighted by molar-refractivity contribution is 5.07. The van der Waals surface area contributed by atoms with Crippen LogP contribution in [0.2, 0.25) is 0 Å². The van der Waals surface area contributed by atoms with Crippen LogP contribution in [-0.2, 0) is 0 Å². The van der Waals surface area contributed by atoms with E-state index in [2.05, 4.69) is 50.5 Å². The summed E-state index contributed by atoms with van der Waals surface area (Å²) in [6.45, 7) is 8.82. The monoisotopic (exact) mass is 196 g/mol. The second kappa shape index (κ2) is 5.74. The molecular weight excluding hydrogens is 172 g/mol. The van der Waals surface area contributed by atoms with E-state index < -0.39 is 0 Å². The summed E-state index contributed by atoms with van der Waals surface area (Å²) >= 11 is 0. The van der Waals surface area contributed by atoms with Gasteiger partial charge in [-0.15, -0.1) is 0 Å². The maximum Gasteiger partial charge on any atom is 0.00375 e. The van der Waals surface area contributed by atoms with Crippen LogP contribution in [0.4, 0.5) is 0 Å². The topological polar surface area (TPSA) is 24.1 Å². The van der Waals surface area contributed by atoms with Gasteiger partial charge in [0.15, 0.2) is 0 Å². The molecular formula is C12H24N2. The summed E-state index contributed by atoms with van der Waals surface area (Å²) < 4.78 is 0. The zero-order chi connectivity index (χ0) is 11.2. The second-order valence-electron chi connectivity index (χ2n) is 4.34. The molecule has 2 N–H and O–H groups in total. The van der Waals surface area contributed by atoms with Gasteiger partial charge < -0.3 is 10.6 Å². The van der Waals surface area contributed by atoms with Crippen LogP contribution in [0.15, 0.2) is 24.0 Å². The highest BCUT2D eigenvalue weighted by Gasteiger charge is 2.21. The molecule has 0 saturated carbocycles. The molecule has 0 aliphatic heterocycles. The minimum atomic E-state index is 0.181. The van der Waals surface area contributed by atoms with Gasteiger partial charge in [0.25, 0.3) is 0 Å². The van der Waals surface area contributed by atoms with Crippen molar-refractivity contribution >= 4 is 0 Å². The molecule has 0 rings (SSSR count). The van der Waals surface area contributed by atoms with Crippen LogP contribution in [0.25, 0.3) is 0 Å². The molecule has 82 valence electrons. The molecule has 2 nitrogen and oxygen atoms in total. The number of rotatable bonds is 5. The fourth-order valence-corrected chi connectivity index (χ4v) is 1.25. The molecule has 0 aromatic carbocycles. The van der Waals surface area contributed by atoms with Gasteiger partial charge in [-0.3, -0.25) is 0 Å². The van der Waals surface area contributed by atoms with E-state index in [4.69, 9.17) is 0 Å². The Labute approximate surface area is 88.5 Å². The molecule has 0 heterocycles. The van der Waals surface area contributed by atoms with Gasteiger partial charge in [-0.25, -0.2) is 0 Å². The van der Waals surface area contributed by atoms with Crippen molar-refractivity contribution in [1.29, 1.82) is 0 Å². The normalized spacial score (nSPS) is 15.7. The fourth-order valence-electron chi connectivity index (χ4n) is 1.25. The Kier molecular flexibility index (Phi) is 5.36. The maximum absolute atomic E-state index is 3.15. The summed E-state index contributed by atoms with van der Waals surface area (Å²) in [7, 11) is 3.88. The van der Waals surface area contributed by atoms with E-state index in [1.807, 2.05) is 20.3 Å². The molecule has 1 atom stereocenters. The highest BCUT2D eigenvalue weighted by atomic mass is 14.8. The van der Waals surface area contributed by atoms with Crippen molar-refractivity contribution in [2.75, 3.05) is 14.1 Å². The van der Waals surface area contributed by atoms with Gasteiger partial charge in [0.05, 0.1) is 0 Å². The van der Waals surface area contributed by atoms with Gasteiger partial charge in [-0.1, -0.05) is 32.9 Å². The van der Waals surface area contributed by atoms with Crippen molar-refractivity contribution < 1.29 is 0 Å². The molecule has 0 bridgehead atoms. The van der Waals surface area contributed by atoms with Crippen LogP contribution >= 0.6 is 0 Å². The minimum absolute atomic E-state index is 0.181. The first kappa shape index (κ1) is 13.1. The molecule has 0 radical (unpaired) electrons. The van der Waals surface area contributed by atoms with Crippen LogP contribution in [0.5, 0.6) is 0 Å². The lowest BCUT2D eigenvalue weighted by Gasteiger charge is -2.27. The maximum atomic E-state index is 3.15. The summed E-state index contributed by atoms with van der Waals surface area (Å²) in [6, 6.07) is 0. The summed E-state index contributed by atoms with van der Waals surface area (Å²) in [5.41, 5.74) is 1.40. The van der Waals surface area contributed by atoms with E-state index in [0.717, 1.165) is 0 Å². The lowest BCUT2D eigenvalue weighted by Crippen LogP contribution is -2.20. The Hall–Kier alpha value is -0.920. The van der Waals surface area contributed by atoms with Crippen molar-refractivity contribution in [3.63, 3.8) is 0 Å². The standard InChI is InChI=1S/C12H24N2/c1-10(7-8-13-5)12(3,4)9-11(2)14-6/h7-10,13-14H,1-6H3/b8-7-,11-9+. The Morgan fingerprint density at radius 3 is 2.29 bits per heavy atom. The molecule has 14 heavy (non-hydrogen) atoms. The zero-order valence-corrected chi connectivity index (χ0v) is 10.3. The van der Waals surface area contributed by atoms with Gasteiger partial charge in [-0.05, 0) is 24.5 Å². The summed E-state index contributed by atoms with van der Waals surface area (Å²) in [6.07, 6.45) is 6.46. The molecule has 0 saturated heterocycles. The fraction of sp³-hybridized carbons (Fsp3) is 0.667. The van der Waals surface area contributed by atoms with E-state index in [-0.39, 0.29) is 5.41 Å². The van der Waals surface area contributed by atoms with Gasteiger partial charge in [0, 0.05) is 19.8 Å². The first-order valence-corrected chi connectivity index (χ1v) is 5.15. The third-order valence-electron chi connectivity index (χ3n) is 2.71. The largest absolute Gasteiger partial charge is 0.394 e. The van der Waals surface area contributed by atoms with Crippen molar-refractivity contribution in [1.82, 2.24) is 10.6 Å². The number of nitrogens with one attached hydrogen (secondary N) is 2. The minimum Gasteiger partial charge on any atom is -0.394 e. The first-order chi connectivity index (χ1) is 6.44. The molecule has 0 spiro atoms. The summed E-state index contributed by atoms with van der Waals surface area (Å²) in [5, 5.41) is 6.17. The molecule has 2 heteroatoms. The van der Waals surface area contributed by atoms with Crippen molar-refractivity contribution in [2.45, 2.75) is 27.7 Å². The third-order valence-corrected chi connectivity index (χ3v) is 2.71. The van der Waals surface area contributed by atoms with Gasteiger partial charge in [0.2, 0.25) is 0 Å². The van der Waals surface area contributed by atoms with E-state index in [1.54, 1.807) is 0 Å². The van der Waals surface area contributed by atoms with Crippen LogP contribution < -0.4 is 10.6 Å². The zero-order valence-electron chi connectivity index (χ0n) is 10.3. The van der Waals surface area contributed by atoms with E-state index in [1.165, 1.54) is 5.70 Å². The molecule has 0 aromatic heterocycles. The summed E-state index contributed by atoms with van der Waals surface area (Å²) in [5.74, 6) is 0.512. The Balaban J connectivity index is 4.52. The predicted molar refractivity (Wildman–Crippen MR) is 64.0 cm³/mol. The Bertz CT molecular complexity index is 214. The van der Waals surface area contributed by atoms with Crippen molar-refractivity contribution in [2.24, 2.45) is 11.3 Å². The van der Waals surface area contributed by atoms with Crippen LogP contribution in [0, 0.1) is 11.3 Å². The highest BCUT2D eigenvalue weighted by Crippen LogP contribution is 2.29. The Morgan fingerprint density at radius 1 is 1.29 bits per heavy atom. The number of hydrogen-bond donors (Lipinski definition) is 2. The molecule has 0 aliphatic rings. The molecule has 0 aromatic rings. The molecule has 1 unspecified atom stereocenters. The third kappa shape index (κ3) is 4.35. The van der Waals surface area contributed by atoms with E-state index >= 15 is 0 Å². The van der Waals surface area contributed by atoms with Crippen LogP contribution in [0.1, 0.15) is 27.7 Å². The Morgan fingerprint density at radius 2 is 1.86 bits per heavy atom. The van der Waals surface area contributed by atoms with Gasteiger partial charge >= 0.3 is 0 Å². The van der Waals surface area contributed by atoms with Crippen LogP contribution in [0.3, 0.4) is 0 Å². The van der Waals surface area contributed by atoms with E-state index in [0.29, 0.717) is 5.92 Å². The lowest BCUT2D eigenvalue weighted by atomic mass is 9.79. The SMILES string of the molecule is CN/C=C\C(C)C(C)(C)/C=C(\C)NC.